The molecule has 4 fully saturated rings. The van der Waals surface area contributed by atoms with Crippen LogP contribution in [0.5, 0.6) is 0 Å². The maximum absolute atomic E-state index is 13.4. The van der Waals surface area contributed by atoms with E-state index in [9.17, 15) is 18.0 Å². The third-order valence-electron chi connectivity index (χ3n) is 7.44. The van der Waals surface area contributed by atoms with Crippen LogP contribution in [-0.2, 0) is 35.6 Å². The molecule has 4 aliphatic rings. The van der Waals surface area contributed by atoms with Crippen molar-refractivity contribution in [2.45, 2.75) is 62.7 Å². The van der Waals surface area contributed by atoms with Gasteiger partial charge in [0, 0.05) is 25.9 Å². The van der Waals surface area contributed by atoms with Crippen LogP contribution < -0.4 is 0 Å². The number of carbonyl (C=O) groups is 2. The van der Waals surface area contributed by atoms with Crippen LogP contribution in [0.2, 0.25) is 0 Å². The minimum Gasteiger partial charge on any atom is -0.347 e. The second kappa shape index (κ2) is 8.20. The topological polar surface area (TPSA) is 93.2 Å². The lowest BCUT2D eigenvalue weighted by Gasteiger charge is -2.37. The van der Waals surface area contributed by atoms with Crippen molar-refractivity contribution in [3.63, 3.8) is 0 Å². The molecular weight excluding hydrogens is 432 g/mol. The Morgan fingerprint density at radius 3 is 2.19 bits per heavy atom. The average Bonchev–Trinajstić information content (AvgIpc) is 3.34. The molecule has 9 heteroatoms. The maximum Gasteiger partial charge on any atom is 0.243 e. The monoisotopic (exact) mass is 462 g/mol. The summed E-state index contributed by atoms with van der Waals surface area (Å²) in [6.07, 6.45) is 4.50. The van der Waals surface area contributed by atoms with Gasteiger partial charge in [-0.3, -0.25) is 14.5 Å². The highest BCUT2D eigenvalue weighted by atomic mass is 32.2. The fourth-order valence-electron chi connectivity index (χ4n) is 5.58. The summed E-state index contributed by atoms with van der Waals surface area (Å²) in [5, 5.41) is 0. The first-order chi connectivity index (χ1) is 15.3. The van der Waals surface area contributed by atoms with E-state index in [2.05, 4.69) is 0 Å². The van der Waals surface area contributed by atoms with Crippen molar-refractivity contribution >= 4 is 21.8 Å². The van der Waals surface area contributed by atoms with Gasteiger partial charge in [0.05, 0.1) is 36.5 Å². The number of carbonyl (C=O) groups excluding carboxylic acids is 2. The van der Waals surface area contributed by atoms with E-state index in [1.54, 1.807) is 19.1 Å². The number of benzene rings is 1. The van der Waals surface area contributed by atoms with Gasteiger partial charge in [0.25, 0.3) is 0 Å². The SMILES string of the molecule is Cc1ccc(CN2C(=O)[C@@H]3CCCC[C@H]3C2=O)cc1S(=O)(=O)N1CCC2(CC1)OCCO2. The third kappa shape index (κ3) is 3.69. The molecule has 0 bridgehead atoms. The smallest absolute Gasteiger partial charge is 0.243 e. The van der Waals surface area contributed by atoms with Crippen molar-refractivity contribution in [3.05, 3.63) is 29.3 Å². The Hall–Kier alpha value is -1.81. The van der Waals surface area contributed by atoms with Crippen molar-refractivity contribution in [3.8, 4) is 0 Å². The summed E-state index contributed by atoms with van der Waals surface area (Å²) in [4.78, 5) is 27.2. The molecule has 1 spiro atoms. The van der Waals surface area contributed by atoms with Crippen LogP contribution in [0, 0.1) is 18.8 Å². The van der Waals surface area contributed by atoms with Gasteiger partial charge in [-0.2, -0.15) is 4.31 Å². The quantitative estimate of drug-likeness (QED) is 0.637. The summed E-state index contributed by atoms with van der Waals surface area (Å²) in [6, 6.07) is 5.19. The molecule has 1 aromatic carbocycles. The molecule has 8 nitrogen and oxygen atoms in total. The lowest BCUT2D eigenvalue weighted by Crippen LogP contribution is -2.47. The molecular formula is C23H30N2O6S. The summed E-state index contributed by atoms with van der Waals surface area (Å²) >= 11 is 0. The molecule has 0 aromatic heterocycles. The van der Waals surface area contributed by atoms with E-state index in [-0.39, 0.29) is 35.1 Å². The van der Waals surface area contributed by atoms with Crippen molar-refractivity contribution in [1.29, 1.82) is 0 Å². The van der Waals surface area contributed by atoms with Gasteiger partial charge in [0.1, 0.15) is 0 Å². The molecule has 2 amide bonds. The number of imide groups is 1. The van der Waals surface area contributed by atoms with Gasteiger partial charge >= 0.3 is 0 Å². The number of likely N-dealkylation sites (tertiary alicyclic amines) is 1. The first kappa shape index (κ1) is 22.0. The van der Waals surface area contributed by atoms with E-state index in [0.717, 1.165) is 25.7 Å². The first-order valence-electron chi connectivity index (χ1n) is 11.5. The Balaban J connectivity index is 1.35. The van der Waals surface area contributed by atoms with E-state index >= 15 is 0 Å². The Morgan fingerprint density at radius 1 is 1.00 bits per heavy atom. The van der Waals surface area contributed by atoms with Gasteiger partial charge in [-0.05, 0) is 37.0 Å². The Kier molecular flexibility index (Phi) is 5.64. The lowest BCUT2D eigenvalue weighted by molar-refractivity contribution is -0.179. The maximum atomic E-state index is 13.4. The molecule has 3 heterocycles. The van der Waals surface area contributed by atoms with Crippen molar-refractivity contribution in [2.75, 3.05) is 26.3 Å². The van der Waals surface area contributed by atoms with E-state index < -0.39 is 15.8 Å². The van der Waals surface area contributed by atoms with E-state index in [0.29, 0.717) is 50.3 Å². The molecule has 5 rings (SSSR count). The molecule has 3 aliphatic heterocycles. The highest BCUT2D eigenvalue weighted by Crippen LogP contribution is 2.39. The molecule has 0 radical (unpaired) electrons. The highest BCUT2D eigenvalue weighted by Gasteiger charge is 2.48. The van der Waals surface area contributed by atoms with Gasteiger partial charge in [-0.1, -0.05) is 25.0 Å². The van der Waals surface area contributed by atoms with E-state index in [4.69, 9.17) is 9.47 Å². The largest absolute Gasteiger partial charge is 0.347 e. The zero-order valence-corrected chi connectivity index (χ0v) is 19.2. The zero-order valence-electron chi connectivity index (χ0n) is 18.4. The molecule has 0 N–H and O–H groups in total. The van der Waals surface area contributed by atoms with Gasteiger partial charge in [0.2, 0.25) is 21.8 Å². The molecule has 1 aromatic rings. The van der Waals surface area contributed by atoms with E-state index in [1.807, 2.05) is 6.07 Å². The van der Waals surface area contributed by atoms with Gasteiger partial charge in [-0.25, -0.2) is 8.42 Å². The van der Waals surface area contributed by atoms with Crippen LogP contribution in [0.4, 0.5) is 0 Å². The number of piperidine rings is 1. The number of rotatable bonds is 4. The Labute approximate surface area is 188 Å². The standard InChI is InChI=1S/C23H30N2O6S/c1-16-6-7-17(15-25-21(26)18-4-2-3-5-19(18)22(25)27)14-20(16)32(28,29)24-10-8-23(9-11-24)30-12-13-31-23/h6-7,14,18-19H,2-5,8-13,15H2,1H3/t18-,19-/m1/s1. The highest BCUT2D eigenvalue weighted by molar-refractivity contribution is 7.89. The minimum atomic E-state index is -3.71. The summed E-state index contributed by atoms with van der Waals surface area (Å²) < 4.78 is 39.8. The van der Waals surface area contributed by atoms with Crippen LogP contribution in [-0.4, -0.2) is 61.5 Å². The van der Waals surface area contributed by atoms with Crippen LogP contribution in [0.25, 0.3) is 0 Å². The van der Waals surface area contributed by atoms with Crippen LogP contribution in [0.1, 0.15) is 49.7 Å². The van der Waals surface area contributed by atoms with Gasteiger partial charge in [-0.15, -0.1) is 0 Å². The number of aryl methyl sites for hydroxylation is 1. The predicted molar refractivity (Wildman–Crippen MR) is 115 cm³/mol. The molecule has 2 atom stereocenters. The first-order valence-corrected chi connectivity index (χ1v) is 13.0. The average molecular weight is 463 g/mol. The number of amides is 2. The number of nitrogens with zero attached hydrogens (tertiary/aromatic N) is 2. The zero-order chi connectivity index (χ0) is 22.5. The molecule has 0 unspecified atom stereocenters. The molecule has 1 saturated carbocycles. The third-order valence-corrected chi connectivity index (χ3v) is 9.48. The Bertz CT molecular complexity index is 999. The molecule has 32 heavy (non-hydrogen) atoms. The lowest BCUT2D eigenvalue weighted by atomic mass is 9.81. The summed E-state index contributed by atoms with van der Waals surface area (Å²) in [5.74, 6) is -1.27. The summed E-state index contributed by atoms with van der Waals surface area (Å²) in [6.45, 7) is 3.65. The Morgan fingerprint density at radius 2 is 1.59 bits per heavy atom. The second-order valence-electron chi connectivity index (χ2n) is 9.37. The van der Waals surface area contributed by atoms with Gasteiger partial charge < -0.3 is 9.47 Å². The van der Waals surface area contributed by atoms with Crippen LogP contribution >= 0.6 is 0 Å². The van der Waals surface area contributed by atoms with Crippen molar-refractivity contribution < 1.29 is 27.5 Å². The molecule has 1 aliphatic carbocycles. The number of sulfonamides is 1. The van der Waals surface area contributed by atoms with E-state index in [1.165, 1.54) is 9.21 Å². The summed E-state index contributed by atoms with van der Waals surface area (Å²) in [7, 11) is -3.71. The molecule has 174 valence electrons. The van der Waals surface area contributed by atoms with Crippen LogP contribution in [0.15, 0.2) is 23.1 Å². The second-order valence-corrected chi connectivity index (χ2v) is 11.3. The predicted octanol–water partition coefficient (Wildman–Crippen LogP) is 2.20. The molecule has 3 saturated heterocycles. The number of hydrogen-bond acceptors (Lipinski definition) is 6. The fourth-order valence-corrected chi connectivity index (χ4v) is 7.30. The van der Waals surface area contributed by atoms with Gasteiger partial charge in [0.15, 0.2) is 5.79 Å². The normalized spacial score (nSPS) is 28.5. The number of fused-ring (bicyclic) bond motifs is 1. The van der Waals surface area contributed by atoms with Crippen molar-refractivity contribution in [2.24, 2.45) is 11.8 Å². The number of hydrogen-bond donors (Lipinski definition) is 0. The fraction of sp³-hybridized carbons (Fsp3) is 0.652. The minimum absolute atomic E-state index is 0.109. The van der Waals surface area contributed by atoms with Crippen molar-refractivity contribution in [1.82, 2.24) is 9.21 Å². The van der Waals surface area contributed by atoms with Crippen LogP contribution in [0.3, 0.4) is 0 Å². The summed E-state index contributed by atoms with van der Waals surface area (Å²) in [5.41, 5.74) is 1.31. The number of ether oxygens (including phenoxy) is 2.